The summed E-state index contributed by atoms with van der Waals surface area (Å²) < 4.78 is 0. The topological polar surface area (TPSA) is 29.1 Å². The van der Waals surface area contributed by atoms with Crippen LogP contribution in [0.25, 0.3) is 0 Å². The fraction of sp³-hybridized carbons (Fsp3) is 0.900. The lowest BCUT2D eigenvalue weighted by Gasteiger charge is -2.29. The molecule has 0 radical (unpaired) electrons. The van der Waals surface area contributed by atoms with Gasteiger partial charge in [-0.1, -0.05) is 19.8 Å². The number of alkyl halides is 1. The summed E-state index contributed by atoms with van der Waals surface area (Å²) in [5.41, 5.74) is 0. The van der Waals surface area contributed by atoms with E-state index in [2.05, 4.69) is 12.2 Å². The standard InChI is InChI=1S/C10H18ClNO/c1-7-5-3-4-6-9(7)12-10(13)8(2)11/h7-9H,3-6H2,1-2H3,(H,12,13)/t7-,8+,9-/m1/s1. The van der Waals surface area contributed by atoms with Gasteiger partial charge in [-0.05, 0) is 25.7 Å². The second kappa shape index (κ2) is 4.85. The lowest BCUT2D eigenvalue weighted by Crippen LogP contribution is -2.43. The van der Waals surface area contributed by atoms with E-state index in [1.807, 2.05) is 0 Å². The van der Waals surface area contributed by atoms with Crippen molar-refractivity contribution in [2.75, 3.05) is 0 Å². The van der Waals surface area contributed by atoms with E-state index in [9.17, 15) is 4.79 Å². The Hall–Kier alpha value is -0.240. The van der Waals surface area contributed by atoms with Crippen LogP contribution in [0.5, 0.6) is 0 Å². The zero-order valence-corrected chi connectivity index (χ0v) is 9.10. The van der Waals surface area contributed by atoms with E-state index in [1.54, 1.807) is 6.92 Å². The Morgan fingerprint density at radius 1 is 1.46 bits per heavy atom. The smallest absolute Gasteiger partial charge is 0.237 e. The van der Waals surface area contributed by atoms with Crippen molar-refractivity contribution in [2.45, 2.75) is 50.9 Å². The minimum atomic E-state index is -0.408. The van der Waals surface area contributed by atoms with Crippen molar-refractivity contribution in [1.29, 1.82) is 0 Å². The first kappa shape index (κ1) is 10.8. The van der Waals surface area contributed by atoms with Crippen molar-refractivity contribution >= 4 is 17.5 Å². The van der Waals surface area contributed by atoms with E-state index >= 15 is 0 Å². The number of carbonyl (C=O) groups is 1. The Labute approximate surface area is 85.0 Å². The monoisotopic (exact) mass is 203 g/mol. The second-order valence-electron chi connectivity index (χ2n) is 3.99. The summed E-state index contributed by atoms with van der Waals surface area (Å²) in [7, 11) is 0. The van der Waals surface area contributed by atoms with Gasteiger partial charge in [0.2, 0.25) is 5.91 Å². The van der Waals surface area contributed by atoms with E-state index < -0.39 is 5.38 Å². The van der Waals surface area contributed by atoms with E-state index in [1.165, 1.54) is 19.3 Å². The van der Waals surface area contributed by atoms with Crippen LogP contribution in [-0.2, 0) is 4.79 Å². The van der Waals surface area contributed by atoms with Gasteiger partial charge in [0.05, 0.1) is 0 Å². The third-order valence-electron chi connectivity index (χ3n) is 2.80. The summed E-state index contributed by atoms with van der Waals surface area (Å²) >= 11 is 5.68. The molecule has 3 heteroatoms. The Kier molecular flexibility index (Phi) is 4.04. The maximum Gasteiger partial charge on any atom is 0.237 e. The van der Waals surface area contributed by atoms with Crippen LogP contribution in [0.15, 0.2) is 0 Å². The van der Waals surface area contributed by atoms with Gasteiger partial charge in [-0.2, -0.15) is 0 Å². The van der Waals surface area contributed by atoms with Crippen molar-refractivity contribution in [3.63, 3.8) is 0 Å². The molecule has 1 fully saturated rings. The maximum atomic E-state index is 11.3. The Bertz CT molecular complexity index is 182. The number of halogens is 1. The van der Waals surface area contributed by atoms with Crippen LogP contribution < -0.4 is 5.32 Å². The largest absolute Gasteiger partial charge is 0.352 e. The van der Waals surface area contributed by atoms with Gasteiger partial charge in [-0.3, -0.25) is 4.79 Å². The van der Waals surface area contributed by atoms with Gasteiger partial charge in [0.15, 0.2) is 0 Å². The number of hydrogen-bond donors (Lipinski definition) is 1. The first-order valence-electron chi connectivity index (χ1n) is 5.05. The molecule has 0 aromatic heterocycles. The highest BCUT2D eigenvalue weighted by atomic mass is 35.5. The molecule has 1 N–H and O–H groups in total. The van der Waals surface area contributed by atoms with E-state index in [0.717, 1.165) is 6.42 Å². The molecule has 1 saturated carbocycles. The van der Waals surface area contributed by atoms with Gasteiger partial charge in [-0.15, -0.1) is 11.6 Å². The average molecular weight is 204 g/mol. The van der Waals surface area contributed by atoms with Gasteiger partial charge in [0.1, 0.15) is 5.38 Å². The maximum absolute atomic E-state index is 11.3. The Morgan fingerprint density at radius 3 is 2.62 bits per heavy atom. The van der Waals surface area contributed by atoms with Crippen molar-refractivity contribution < 1.29 is 4.79 Å². The van der Waals surface area contributed by atoms with Gasteiger partial charge >= 0.3 is 0 Å². The number of hydrogen-bond acceptors (Lipinski definition) is 1. The molecule has 1 rings (SSSR count). The van der Waals surface area contributed by atoms with Gasteiger partial charge in [0.25, 0.3) is 0 Å². The first-order valence-corrected chi connectivity index (χ1v) is 5.49. The number of rotatable bonds is 2. The molecular formula is C10H18ClNO. The zero-order valence-electron chi connectivity index (χ0n) is 8.35. The molecule has 2 nitrogen and oxygen atoms in total. The second-order valence-corrected chi connectivity index (χ2v) is 4.65. The molecule has 76 valence electrons. The third-order valence-corrected chi connectivity index (χ3v) is 3.00. The molecule has 0 aliphatic heterocycles. The lowest BCUT2D eigenvalue weighted by atomic mass is 9.86. The zero-order chi connectivity index (χ0) is 9.84. The van der Waals surface area contributed by atoms with Crippen LogP contribution in [0.2, 0.25) is 0 Å². The number of nitrogens with one attached hydrogen (secondary N) is 1. The molecule has 0 bridgehead atoms. The summed E-state index contributed by atoms with van der Waals surface area (Å²) in [5, 5.41) is 2.59. The highest BCUT2D eigenvalue weighted by molar-refractivity contribution is 6.30. The summed E-state index contributed by atoms with van der Waals surface area (Å²) in [5.74, 6) is 0.577. The minimum Gasteiger partial charge on any atom is -0.352 e. The molecule has 3 atom stereocenters. The predicted molar refractivity (Wildman–Crippen MR) is 54.9 cm³/mol. The highest BCUT2D eigenvalue weighted by Gasteiger charge is 2.23. The average Bonchev–Trinajstić information content (AvgIpc) is 2.08. The van der Waals surface area contributed by atoms with Gasteiger partial charge < -0.3 is 5.32 Å². The quantitative estimate of drug-likeness (QED) is 0.686. The molecule has 1 amide bonds. The lowest BCUT2D eigenvalue weighted by molar-refractivity contribution is -0.121. The molecule has 0 aromatic carbocycles. The van der Waals surface area contributed by atoms with Crippen molar-refractivity contribution in [1.82, 2.24) is 5.32 Å². The van der Waals surface area contributed by atoms with Gasteiger partial charge in [0, 0.05) is 6.04 Å². The molecular weight excluding hydrogens is 186 g/mol. The van der Waals surface area contributed by atoms with Crippen LogP contribution in [0.3, 0.4) is 0 Å². The predicted octanol–water partition coefficient (Wildman–Crippen LogP) is 2.31. The third kappa shape index (κ3) is 3.18. The molecule has 0 aromatic rings. The van der Waals surface area contributed by atoms with Gasteiger partial charge in [-0.25, -0.2) is 0 Å². The molecule has 0 unspecified atom stereocenters. The fourth-order valence-electron chi connectivity index (χ4n) is 1.83. The Morgan fingerprint density at radius 2 is 2.08 bits per heavy atom. The molecule has 1 aliphatic carbocycles. The van der Waals surface area contributed by atoms with Crippen LogP contribution >= 0.6 is 11.6 Å². The summed E-state index contributed by atoms with van der Waals surface area (Å²) in [6.07, 6.45) is 4.86. The molecule has 13 heavy (non-hydrogen) atoms. The summed E-state index contributed by atoms with van der Waals surface area (Å²) in [6.45, 7) is 3.91. The van der Waals surface area contributed by atoms with E-state index in [-0.39, 0.29) is 5.91 Å². The summed E-state index contributed by atoms with van der Waals surface area (Å²) in [4.78, 5) is 11.3. The minimum absolute atomic E-state index is 0.0274. The highest BCUT2D eigenvalue weighted by Crippen LogP contribution is 2.23. The normalized spacial score (nSPS) is 31.0. The molecule has 0 saturated heterocycles. The molecule has 0 heterocycles. The fourth-order valence-corrected chi connectivity index (χ4v) is 1.89. The SMILES string of the molecule is C[C@H](Cl)C(=O)N[C@@H]1CCCC[C@H]1C. The van der Waals surface area contributed by atoms with Crippen LogP contribution in [-0.4, -0.2) is 17.3 Å². The van der Waals surface area contributed by atoms with Crippen LogP contribution in [0, 0.1) is 5.92 Å². The Balaban J connectivity index is 2.38. The van der Waals surface area contributed by atoms with Crippen LogP contribution in [0.4, 0.5) is 0 Å². The number of carbonyl (C=O) groups excluding carboxylic acids is 1. The van der Waals surface area contributed by atoms with E-state index in [4.69, 9.17) is 11.6 Å². The first-order chi connectivity index (χ1) is 6.11. The van der Waals surface area contributed by atoms with Crippen molar-refractivity contribution in [2.24, 2.45) is 5.92 Å². The molecule has 1 aliphatic rings. The number of amides is 1. The van der Waals surface area contributed by atoms with Crippen LogP contribution in [0.1, 0.15) is 39.5 Å². The van der Waals surface area contributed by atoms with Crippen molar-refractivity contribution in [3.8, 4) is 0 Å². The van der Waals surface area contributed by atoms with E-state index in [0.29, 0.717) is 12.0 Å². The molecule has 0 spiro atoms. The summed E-state index contributed by atoms with van der Waals surface area (Å²) in [6, 6.07) is 0.349. The van der Waals surface area contributed by atoms with Crippen molar-refractivity contribution in [3.05, 3.63) is 0 Å².